The van der Waals surface area contributed by atoms with Gasteiger partial charge in [0.15, 0.2) is 0 Å². The standard InChI is InChI=1S/C16H18N4O/c1-10-9-15(18-11(2)17-10)19-14-8-7-12-5-3-4-6-13(12)20-16(14)21/h3-6,9,14H,7-8H2,1-2H3,(H,20,21)(H,17,18,19)/t14-/m0/s1. The molecule has 0 unspecified atom stereocenters. The highest BCUT2D eigenvalue weighted by molar-refractivity contribution is 5.97. The molecule has 1 aliphatic heterocycles. The zero-order valence-corrected chi connectivity index (χ0v) is 12.2. The Hall–Kier alpha value is -2.43. The number of nitrogens with one attached hydrogen (secondary N) is 2. The molecule has 1 aromatic carbocycles. The highest BCUT2D eigenvalue weighted by atomic mass is 16.2. The lowest BCUT2D eigenvalue weighted by Crippen LogP contribution is -2.34. The van der Waals surface area contributed by atoms with Gasteiger partial charge in [0.05, 0.1) is 0 Å². The zero-order chi connectivity index (χ0) is 14.8. The number of carbonyl (C=O) groups is 1. The summed E-state index contributed by atoms with van der Waals surface area (Å²) in [5.41, 5.74) is 2.97. The maximum atomic E-state index is 12.3. The fraction of sp³-hybridized carbons (Fsp3) is 0.312. The number of fused-ring (bicyclic) bond motifs is 1. The molecule has 0 fully saturated rings. The molecule has 0 saturated carbocycles. The van der Waals surface area contributed by atoms with Crippen molar-refractivity contribution in [1.29, 1.82) is 0 Å². The maximum absolute atomic E-state index is 12.3. The highest BCUT2D eigenvalue weighted by Gasteiger charge is 2.23. The van der Waals surface area contributed by atoms with Crippen molar-refractivity contribution >= 4 is 17.4 Å². The normalized spacial score (nSPS) is 17.6. The van der Waals surface area contributed by atoms with Gasteiger partial charge in [-0.05, 0) is 38.3 Å². The molecule has 0 saturated heterocycles. The van der Waals surface area contributed by atoms with Crippen LogP contribution in [0.2, 0.25) is 0 Å². The molecule has 3 rings (SSSR count). The van der Waals surface area contributed by atoms with E-state index in [1.807, 2.05) is 38.1 Å². The van der Waals surface area contributed by atoms with Gasteiger partial charge in [0, 0.05) is 17.4 Å². The molecule has 5 nitrogen and oxygen atoms in total. The fourth-order valence-corrected chi connectivity index (χ4v) is 2.62. The first-order valence-electron chi connectivity index (χ1n) is 7.09. The van der Waals surface area contributed by atoms with Gasteiger partial charge in [-0.1, -0.05) is 18.2 Å². The van der Waals surface area contributed by atoms with Gasteiger partial charge in [-0.3, -0.25) is 4.79 Å². The minimum Gasteiger partial charge on any atom is -0.358 e. The van der Waals surface area contributed by atoms with E-state index in [0.29, 0.717) is 11.6 Å². The van der Waals surface area contributed by atoms with Crippen LogP contribution in [-0.4, -0.2) is 21.9 Å². The lowest BCUT2D eigenvalue weighted by Gasteiger charge is -2.16. The molecule has 21 heavy (non-hydrogen) atoms. The molecule has 0 aliphatic carbocycles. The number of hydrogen-bond acceptors (Lipinski definition) is 4. The second-order valence-corrected chi connectivity index (χ2v) is 5.32. The van der Waals surface area contributed by atoms with Gasteiger partial charge in [0.2, 0.25) is 5.91 Å². The van der Waals surface area contributed by atoms with Gasteiger partial charge in [-0.15, -0.1) is 0 Å². The number of rotatable bonds is 2. The highest BCUT2D eigenvalue weighted by Crippen LogP contribution is 2.22. The average molecular weight is 282 g/mol. The van der Waals surface area contributed by atoms with Crippen molar-refractivity contribution in [2.24, 2.45) is 0 Å². The maximum Gasteiger partial charge on any atom is 0.246 e. The van der Waals surface area contributed by atoms with E-state index in [9.17, 15) is 4.79 Å². The monoisotopic (exact) mass is 282 g/mol. The van der Waals surface area contributed by atoms with E-state index in [0.717, 1.165) is 24.2 Å². The summed E-state index contributed by atoms with van der Waals surface area (Å²) in [6.45, 7) is 3.77. The van der Waals surface area contributed by atoms with E-state index in [4.69, 9.17) is 0 Å². The Morgan fingerprint density at radius 2 is 2.05 bits per heavy atom. The Balaban J connectivity index is 1.79. The van der Waals surface area contributed by atoms with Crippen LogP contribution in [0.4, 0.5) is 11.5 Å². The Morgan fingerprint density at radius 1 is 1.24 bits per heavy atom. The van der Waals surface area contributed by atoms with Crippen LogP contribution in [0.15, 0.2) is 30.3 Å². The summed E-state index contributed by atoms with van der Waals surface area (Å²) in [5.74, 6) is 1.38. The SMILES string of the molecule is Cc1cc(N[C@H]2CCc3ccccc3NC2=O)nc(C)n1. The fourth-order valence-electron chi connectivity index (χ4n) is 2.62. The van der Waals surface area contributed by atoms with E-state index in [1.165, 1.54) is 5.56 Å². The summed E-state index contributed by atoms with van der Waals surface area (Å²) in [4.78, 5) is 20.9. The van der Waals surface area contributed by atoms with Crippen molar-refractivity contribution in [3.63, 3.8) is 0 Å². The van der Waals surface area contributed by atoms with E-state index in [1.54, 1.807) is 0 Å². The summed E-state index contributed by atoms with van der Waals surface area (Å²) < 4.78 is 0. The predicted octanol–water partition coefficient (Wildman–Crippen LogP) is 2.46. The minimum atomic E-state index is -0.286. The van der Waals surface area contributed by atoms with Crippen molar-refractivity contribution in [3.8, 4) is 0 Å². The topological polar surface area (TPSA) is 66.9 Å². The molecule has 1 aromatic heterocycles. The van der Waals surface area contributed by atoms with Gasteiger partial charge in [-0.2, -0.15) is 0 Å². The molecule has 1 amide bonds. The number of benzene rings is 1. The van der Waals surface area contributed by atoms with Crippen molar-refractivity contribution in [2.75, 3.05) is 10.6 Å². The smallest absolute Gasteiger partial charge is 0.246 e. The molecule has 2 N–H and O–H groups in total. The van der Waals surface area contributed by atoms with E-state index in [-0.39, 0.29) is 11.9 Å². The number of aryl methyl sites for hydroxylation is 3. The van der Waals surface area contributed by atoms with Crippen LogP contribution < -0.4 is 10.6 Å². The Kier molecular flexibility index (Phi) is 3.56. The number of amides is 1. The van der Waals surface area contributed by atoms with Crippen LogP contribution in [0.5, 0.6) is 0 Å². The van der Waals surface area contributed by atoms with E-state index in [2.05, 4.69) is 26.7 Å². The number of para-hydroxylation sites is 1. The Morgan fingerprint density at radius 3 is 2.86 bits per heavy atom. The minimum absolute atomic E-state index is 0.0196. The van der Waals surface area contributed by atoms with Crippen molar-refractivity contribution < 1.29 is 4.79 Å². The first-order chi connectivity index (χ1) is 10.1. The van der Waals surface area contributed by atoms with Crippen molar-refractivity contribution in [3.05, 3.63) is 47.4 Å². The van der Waals surface area contributed by atoms with E-state index >= 15 is 0 Å². The summed E-state index contributed by atoms with van der Waals surface area (Å²) >= 11 is 0. The number of anilines is 2. The lowest BCUT2D eigenvalue weighted by atomic mass is 10.1. The molecule has 2 heterocycles. The number of aromatic nitrogens is 2. The third kappa shape index (κ3) is 3.02. The van der Waals surface area contributed by atoms with Crippen LogP contribution >= 0.6 is 0 Å². The predicted molar refractivity (Wildman–Crippen MR) is 82.3 cm³/mol. The summed E-state index contributed by atoms with van der Waals surface area (Å²) in [6.07, 6.45) is 1.60. The van der Waals surface area contributed by atoms with Gasteiger partial charge < -0.3 is 10.6 Å². The molecule has 108 valence electrons. The number of hydrogen-bond donors (Lipinski definition) is 2. The van der Waals surface area contributed by atoms with Crippen LogP contribution in [0.25, 0.3) is 0 Å². The van der Waals surface area contributed by atoms with Gasteiger partial charge in [0.1, 0.15) is 17.7 Å². The first kappa shape index (κ1) is 13.5. The largest absolute Gasteiger partial charge is 0.358 e. The van der Waals surface area contributed by atoms with Crippen molar-refractivity contribution in [1.82, 2.24) is 9.97 Å². The van der Waals surface area contributed by atoms with Crippen LogP contribution in [0, 0.1) is 13.8 Å². The molecule has 1 aliphatic rings. The van der Waals surface area contributed by atoms with Gasteiger partial charge in [-0.25, -0.2) is 9.97 Å². The quantitative estimate of drug-likeness (QED) is 0.888. The number of nitrogens with zero attached hydrogens (tertiary/aromatic N) is 2. The van der Waals surface area contributed by atoms with Crippen LogP contribution in [0.1, 0.15) is 23.5 Å². The molecule has 5 heteroatoms. The third-order valence-electron chi connectivity index (χ3n) is 3.58. The van der Waals surface area contributed by atoms with Crippen LogP contribution in [0.3, 0.4) is 0 Å². The Labute approximate surface area is 123 Å². The summed E-state index contributed by atoms with van der Waals surface area (Å²) in [7, 11) is 0. The molecule has 0 bridgehead atoms. The van der Waals surface area contributed by atoms with Crippen LogP contribution in [-0.2, 0) is 11.2 Å². The first-order valence-corrected chi connectivity index (χ1v) is 7.09. The van der Waals surface area contributed by atoms with E-state index < -0.39 is 0 Å². The molecule has 0 spiro atoms. The average Bonchev–Trinajstić information content (AvgIpc) is 2.58. The van der Waals surface area contributed by atoms with Gasteiger partial charge in [0.25, 0.3) is 0 Å². The third-order valence-corrected chi connectivity index (χ3v) is 3.58. The zero-order valence-electron chi connectivity index (χ0n) is 12.2. The summed E-state index contributed by atoms with van der Waals surface area (Å²) in [6, 6.07) is 9.50. The molecular weight excluding hydrogens is 264 g/mol. The lowest BCUT2D eigenvalue weighted by molar-refractivity contribution is -0.116. The second-order valence-electron chi connectivity index (χ2n) is 5.32. The molecule has 0 radical (unpaired) electrons. The molecule has 2 aromatic rings. The number of carbonyl (C=O) groups excluding carboxylic acids is 1. The summed E-state index contributed by atoms with van der Waals surface area (Å²) in [5, 5.41) is 6.20. The van der Waals surface area contributed by atoms with Crippen molar-refractivity contribution in [2.45, 2.75) is 32.7 Å². The van der Waals surface area contributed by atoms with Gasteiger partial charge >= 0.3 is 0 Å². The second kappa shape index (κ2) is 5.52. The Bertz CT molecular complexity index is 663. The molecular formula is C16H18N4O. The molecule has 1 atom stereocenters.